The number of benzene rings is 1. The summed E-state index contributed by atoms with van der Waals surface area (Å²) >= 11 is 3.48. The van der Waals surface area contributed by atoms with Crippen molar-refractivity contribution in [2.45, 2.75) is 32.7 Å². The maximum absolute atomic E-state index is 6.04. The van der Waals surface area contributed by atoms with Crippen LogP contribution >= 0.6 is 15.9 Å². The molecule has 0 amide bonds. The Labute approximate surface area is 106 Å². The topological polar surface area (TPSA) is 35.2 Å². The maximum Gasteiger partial charge on any atom is 0.122 e. The third-order valence-electron chi connectivity index (χ3n) is 2.99. The van der Waals surface area contributed by atoms with Gasteiger partial charge in [0.15, 0.2) is 0 Å². The van der Waals surface area contributed by atoms with Crippen molar-refractivity contribution in [2.75, 3.05) is 7.11 Å². The summed E-state index contributed by atoms with van der Waals surface area (Å²) in [6.07, 6.45) is 1.97. The number of methoxy groups -OCH3 is 1. The molecule has 0 spiro atoms. The Morgan fingerprint density at radius 1 is 1.44 bits per heavy atom. The maximum atomic E-state index is 6.04. The SMILES string of the molecule is CCC(N)C(C)Cc1cc(Br)ccc1OC. The average molecular weight is 286 g/mol. The minimum Gasteiger partial charge on any atom is -0.496 e. The van der Waals surface area contributed by atoms with Gasteiger partial charge in [-0.05, 0) is 42.5 Å². The highest BCUT2D eigenvalue weighted by Gasteiger charge is 2.14. The summed E-state index contributed by atoms with van der Waals surface area (Å²) < 4.78 is 6.44. The predicted octanol–water partition coefficient (Wildman–Crippen LogP) is 3.37. The standard InChI is InChI=1S/C13H20BrNO/c1-4-12(15)9(2)7-10-8-11(14)5-6-13(10)16-3/h5-6,8-9,12H,4,7,15H2,1-3H3. The van der Waals surface area contributed by atoms with E-state index in [1.54, 1.807) is 7.11 Å². The van der Waals surface area contributed by atoms with Crippen molar-refractivity contribution in [2.24, 2.45) is 11.7 Å². The van der Waals surface area contributed by atoms with Crippen molar-refractivity contribution in [3.05, 3.63) is 28.2 Å². The molecule has 0 aliphatic carbocycles. The van der Waals surface area contributed by atoms with E-state index in [9.17, 15) is 0 Å². The van der Waals surface area contributed by atoms with Gasteiger partial charge in [0, 0.05) is 10.5 Å². The lowest BCUT2D eigenvalue weighted by Gasteiger charge is -2.19. The van der Waals surface area contributed by atoms with Crippen LogP contribution in [0.4, 0.5) is 0 Å². The Bertz CT molecular complexity index is 341. The molecule has 0 aromatic heterocycles. The second-order valence-corrected chi connectivity index (χ2v) is 5.13. The second kappa shape index (κ2) is 6.26. The fourth-order valence-corrected chi connectivity index (χ4v) is 2.22. The minimum atomic E-state index is 0.253. The molecule has 2 nitrogen and oxygen atoms in total. The van der Waals surface area contributed by atoms with Crippen molar-refractivity contribution >= 4 is 15.9 Å². The Morgan fingerprint density at radius 2 is 2.12 bits per heavy atom. The lowest BCUT2D eigenvalue weighted by molar-refractivity contribution is 0.395. The molecule has 2 N–H and O–H groups in total. The summed E-state index contributed by atoms with van der Waals surface area (Å²) in [4.78, 5) is 0. The smallest absolute Gasteiger partial charge is 0.122 e. The third-order valence-corrected chi connectivity index (χ3v) is 3.48. The van der Waals surface area contributed by atoms with E-state index < -0.39 is 0 Å². The van der Waals surface area contributed by atoms with Gasteiger partial charge in [-0.2, -0.15) is 0 Å². The summed E-state index contributed by atoms with van der Waals surface area (Å²) in [6.45, 7) is 4.31. The Balaban J connectivity index is 2.82. The first-order valence-electron chi connectivity index (χ1n) is 5.66. The third kappa shape index (κ3) is 3.49. The lowest BCUT2D eigenvalue weighted by atomic mass is 9.92. The van der Waals surface area contributed by atoms with Gasteiger partial charge >= 0.3 is 0 Å². The number of nitrogens with two attached hydrogens (primary N) is 1. The molecule has 1 rings (SSSR count). The molecule has 1 aromatic carbocycles. The molecule has 0 radical (unpaired) electrons. The van der Waals surface area contributed by atoms with E-state index in [0.29, 0.717) is 5.92 Å². The normalized spacial score (nSPS) is 14.6. The summed E-state index contributed by atoms with van der Waals surface area (Å²) in [7, 11) is 1.71. The van der Waals surface area contributed by atoms with E-state index in [0.717, 1.165) is 23.1 Å². The number of hydrogen-bond acceptors (Lipinski definition) is 2. The van der Waals surface area contributed by atoms with Crippen LogP contribution in [0.1, 0.15) is 25.8 Å². The Hall–Kier alpha value is -0.540. The van der Waals surface area contributed by atoms with Crippen molar-refractivity contribution in [1.29, 1.82) is 0 Å². The van der Waals surface area contributed by atoms with Gasteiger partial charge in [-0.3, -0.25) is 0 Å². The average Bonchev–Trinajstić information content (AvgIpc) is 2.28. The van der Waals surface area contributed by atoms with Gasteiger partial charge < -0.3 is 10.5 Å². The van der Waals surface area contributed by atoms with Crippen molar-refractivity contribution in [3.63, 3.8) is 0 Å². The van der Waals surface area contributed by atoms with Gasteiger partial charge in [-0.25, -0.2) is 0 Å². The van der Waals surface area contributed by atoms with E-state index in [1.807, 2.05) is 12.1 Å². The zero-order valence-corrected chi connectivity index (χ0v) is 11.8. The summed E-state index contributed by atoms with van der Waals surface area (Å²) in [6, 6.07) is 6.34. The molecule has 16 heavy (non-hydrogen) atoms. The van der Waals surface area contributed by atoms with E-state index in [-0.39, 0.29) is 6.04 Å². The highest BCUT2D eigenvalue weighted by atomic mass is 79.9. The van der Waals surface area contributed by atoms with Crippen LogP contribution in [0.15, 0.2) is 22.7 Å². The van der Waals surface area contributed by atoms with Crippen molar-refractivity contribution < 1.29 is 4.74 Å². The molecular formula is C13H20BrNO. The van der Waals surface area contributed by atoms with Gasteiger partial charge in [0.2, 0.25) is 0 Å². The van der Waals surface area contributed by atoms with Crippen LogP contribution in [0.25, 0.3) is 0 Å². The number of halogens is 1. The highest BCUT2D eigenvalue weighted by Crippen LogP contribution is 2.26. The van der Waals surface area contributed by atoms with Crippen LogP contribution in [-0.4, -0.2) is 13.2 Å². The van der Waals surface area contributed by atoms with E-state index in [1.165, 1.54) is 5.56 Å². The first-order chi connectivity index (χ1) is 7.58. The fourth-order valence-electron chi connectivity index (χ4n) is 1.81. The van der Waals surface area contributed by atoms with Crippen LogP contribution in [-0.2, 0) is 6.42 Å². The van der Waals surface area contributed by atoms with E-state index in [4.69, 9.17) is 10.5 Å². The van der Waals surface area contributed by atoms with Gasteiger partial charge in [0.25, 0.3) is 0 Å². The van der Waals surface area contributed by atoms with Gasteiger partial charge in [0.1, 0.15) is 5.75 Å². The monoisotopic (exact) mass is 285 g/mol. The zero-order chi connectivity index (χ0) is 12.1. The van der Waals surface area contributed by atoms with Crippen molar-refractivity contribution in [1.82, 2.24) is 0 Å². The highest BCUT2D eigenvalue weighted by molar-refractivity contribution is 9.10. The molecule has 2 atom stereocenters. The van der Waals surface area contributed by atoms with Crippen LogP contribution in [0.5, 0.6) is 5.75 Å². The molecule has 1 aromatic rings. The zero-order valence-electron chi connectivity index (χ0n) is 10.2. The number of hydrogen-bond donors (Lipinski definition) is 1. The van der Waals surface area contributed by atoms with Crippen molar-refractivity contribution in [3.8, 4) is 5.75 Å². The summed E-state index contributed by atoms with van der Waals surface area (Å²) in [5.41, 5.74) is 7.26. The van der Waals surface area contributed by atoms with E-state index >= 15 is 0 Å². The van der Waals surface area contributed by atoms with Gasteiger partial charge in [0.05, 0.1) is 7.11 Å². The second-order valence-electron chi connectivity index (χ2n) is 4.21. The molecule has 90 valence electrons. The minimum absolute atomic E-state index is 0.253. The molecule has 0 aliphatic rings. The first kappa shape index (κ1) is 13.5. The summed E-state index contributed by atoms with van der Waals surface area (Å²) in [5.74, 6) is 1.41. The van der Waals surface area contributed by atoms with Crippen LogP contribution in [0.3, 0.4) is 0 Å². The largest absolute Gasteiger partial charge is 0.496 e. The van der Waals surface area contributed by atoms with Crippen LogP contribution in [0.2, 0.25) is 0 Å². The number of rotatable bonds is 5. The fraction of sp³-hybridized carbons (Fsp3) is 0.538. The molecule has 0 aliphatic heterocycles. The molecule has 2 unspecified atom stereocenters. The quantitative estimate of drug-likeness (QED) is 0.900. The number of ether oxygens (including phenoxy) is 1. The first-order valence-corrected chi connectivity index (χ1v) is 6.45. The van der Waals surface area contributed by atoms with Crippen LogP contribution < -0.4 is 10.5 Å². The molecule has 0 saturated carbocycles. The van der Waals surface area contributed by atoms with E-state index in [2.05, 4.69) is 35.8 Å². The molecule has 0 fully saturated rings. The van der Waals surface area contributed by atoms with Crippen LogP contribution in [0, 0.1) is 5.92 Å². The molecule has 0 saturated heterocycles. The lowest BCUT2D eigenvalue weighted by Crippen LogP contribution is -2.28. The molecule has 3 heteroatoms. The Morgan fingerprint density at radius 3 is 2.69 bits per heavy atom. The molecular weight excluding hydrogens is 266 g/mol. The predicted molar refractivity (Wildman–Crippen MR) is 71.8 cm³/mol. The molecule has 0 heterocycles. The van der Waals surface area contributed by atoms with Gasteiger partial charge in [-0.15, -0.1) is 0 Å². The summed E-state index contributed by atoms with van der Waals surface area (Å²) in [5, 5.41) is 0. The van der Waals surface area contributed by atoms with Gasteiger partial charge in [-0.1, -0.05) is 29.8 Å². The Kier molecular flexibility index (Phi) is 5.29. The molecule has 0 bridgehead atoms.